The largest absolute Gasteiger partial charge is 0.452 e. The fraction of sp³-hybridized carbons (Fsp3) is 0.300. The van der Waals surface area contributed by atoms with Crippen molar-refractivity contribution in [2.45, 2.75) is 6.54 Å². The SMILES string of the molecule is O=C(OCC(=O)N1CCN(Cc2ccccc2)CC1)c1c(Cl)cccc1Cl. The Kier molecular flexibility index (Phi) is 6.72. The third-order valence-corrected chi connectivity index (χ3v) is 5.10. The average molecular weight is 407 g/mol. The second-order valence-electron chi connectivity index (χ2n) is 6.32. The number of carbonyl (C=O) groups is 2. The highest BCUT2D eigenvalue weighted by atomic mass is 35.5. The second-order valence-corrected chi connectivity index (χ2v) is 7.13. The monoisotopic (exact) mass is 406 g/mol. The van der Waals surface area contributed by atoms with Gasteiger partial charge in [0.05, 0.1) is 15.6 Å². The molecule has 1 aliphatic rings. The Bertz CT molecular complexity index is 786. The van der Waals surface area contributed by atoms with Crippen LogP contribution in [0.2, 0.25) is 10.0 Å². The highest BCUT2D eigenvalue weighted by Gasteiger charge is 2.23. The van der Waals surface area contributed by atoms with Gasteiger partial charge in [0.15, 0.2) is 6.61 Å². The zero-order valence-corrected chi connectivity index (χ0v) is 16.2. The first-order chi connectivity index (χ1) is 13.0. The Hall–Kier alpha value is -2.08. The third kappa shape index (κ3) is 5.22. The predicted octanol–water partition coefficient (Wildman–Crippen LogP) is 3.49. The highest BCUT2D eigenvalue weighted by Crippen LogP contribution is 2.25. The zero-order valence-electron chi connectivity index (χ0n) is 14.7. The Morgan fingerprint density at radius 2 is 1.52 bits per heavy atom. The van der Waals surface area contributed by atoms with Gasteiger partial charge in [-0.2, -0.15) is 0 Å². The van der Waals surface area contributed by atoms with Gasteiger partial charge in [-0.15, -0.1) is 0 Å². The summed E-state index contributed by atoms with van der Waals surface area (Å²) in [5, 5.41) is 0.406. The first-order valence-corrected chi connectivity index (χ1v) is 9.45. The van der Waals surface area contributed by atoms with Crippen LogP contribution in [0.15, 0.2) is 48.5 Å². The molecular formula is C20H20Cl2N2O3. The second kappa shape index (κ2) is 9.22. The summed E-state index contributed by atoms with van der Waals surface area (Å²) in [7, 11) is 0. The van der Waals surface area contributed by atoms with Crippen LogP contribution in [0.1, 0.15) is 15.9 Å². The molecule has 142 valence electrons. The molecule has 1 saturated heterocycles. The van der Waals surface area contributed by atoms with Gasteiger partial charge in [-0.1, -0.05) is 59.6 Å². The lowest BCUT2D eigenvalue weighted by Crippen LogP contribution is -2.49. The van der Waals surface area contributed by atoms with Crippen LogP contribution in [0.3, 0.4) is 0 Å². The summed E-state index contributed by atoms with van der Waals surface area (Å²) in [6.07, 6.45) is 0. The van der Waals surface area contributed by atoms with Gasteiger partial charge < -0.3 is 9.64 Å². The normalized spacial score (nSPS) is 14.8. The number of ether oxygens (including phenoxy) is 1. The summed E-state index contributed by atoms with van der Waals surface area (Å²) in [6.45, 7) is 3.32. The van der Waals surface area contributed by atoms with E-state index in [-0.39, 0.29) is 28.1 Å². The minimum Gasteiger partial charge on any atom is -0.452 e. The number of esters is 1. The molecule has 27 heavy (non-hydrogen) atoms. The van der Waals surface area contributed by atoms with Gasteiger partial charge in [0.2, 0.25) is 0 Å². The van der Waals surface area contributed by atoms with Crippen LogP contribution in [0, 0.1) is 0 Å². The van der Waals surface area contributed by atoms with E-state index in [1.165, 1.54) is 5.56 Å². The molecule has 0 spiro atoms. The Morgan fingerprint density at radius 3 is 2.15 bits per heavy atom. The van der Waals surface area contributed by atoms with Gasteiger partial charge >= 0.3 is 5.97 Å². The predicted molar refractivity (Wildman–Crippen MR) is 105 cm³/mol. The molecule has 0 bridgehead atoms. The van der Waals surface area contributed by atoms with Gasteiger partial charge in [0, 0.05) is 32.7 Å². The number of amides is 1. The lowest BCUT2D eigenvalue weighted by atomic mass is 10.2. The topological polar surface area (TPSA) is 49.9 Å². The van der Waals surface area contributed by atoms with Crippen molar-refractivity contribution >= 4 is 35.1 Å². The van der Waals surface area contributed by atoms with Crippen LogP contribution in [0.25, 0.3) is 0 Å². The number of rotatable bonds is 5. The van der Waals surface area contributed by atoms with Crippen molar-refractivity contribution < 1.29 is 14.3 Å². The molecule has 7 heteroatoms. The van der Waals surface area contributed by atoms with Crippen LogP contribution < -0.4 is 0 Å². The van der Waals surface area contributed by atoms with Crippen LogP contribution >= 0.6 is 23.2 Å². The fourth-order valence-electron chi connectivity index (χ4n) is 2.98. The summed E-state index contributed by atoms with van der Waals surface area (Å²) in [5.74, 6) is -0.910. The fourth-order valence-corrected chi connectivity index (χ4v) is 3.53. The van der Waals surface area contributed by atoms with E-state index in [1.54, 1.807) is 23.1 Å². The number of benzene rings is 2. The Balaban J connectivity index is 1.46. The summed E-state index contributed by atoms with van der Waals surface area (Å²) in [4.78, 5) is 28.5. The molecule has 1 aliphatic heterocycles. The van der Waals surface area contributed by atoms with E-state index < -0.39 is 5.97 Å². The van der Waals surface area contributed by atoms with Crippen molar-refractivity contribution in [1.29, 1.82) is 0 Å². The van der Waals surface area contributed by atoms with Gasteiger partial charge in [-0.3, -0.25) is 9.69 Å². The molecule has 0 atom stereocenters. The number of hydrogen-bond donors (Lipinski definition) is 0. The van der Waals surface area contributed by atoms with Gasteiger partial charge in [-0.25, -0.2) is 4.79 Å². The Labute approximate surface area is 168 Å². The number of halogens is 2. The van der Waals surface area contributed by atoms with E-state index in [1.807, 2.05) is 18.2 Å². The molecule has 1 amide bonds. The Morgan fingerprint density at radius 1 is 0.889 bits per heavy atom. The lowest BCUT2D eigenvalue weighted by molar-refractivity contribution is -0.136. The summed E-state index contributed by atoms with van der Waals surface area (Å²) < 4.78 is 5.11. The molecule has 0 aliphatic carbocycles. The third-order valence-electron chi connectivity index (χ3n) is 4.47. The molecule has 0 N–H and O–H groups in total. The number of hydrogen-bond acceptors (Lipinski definition) is 4. The molecule has 0 aromatic heterocycles. The molecule has 2 aromatic carbocycles. The molecule has 3 rings (SSSR count). The number of piperazine rings is 1. The van der Waals surface area contributed by atoms with Crippen molar-refractivity contribution in [1.82, 2.24) is 9.80 Å². The zero-order chi connectivity index (χ0) is 19.2. The highest BCUT2D eigenvalue weighted by molar-refractivity contribution is 6.39. The number of carbonyl (C=O) groups excluding carboxylic acids is 2. The van der Waals surface area contributed by atoms with Crippen LogP contribution in [0.5, 0.6) is 0 Å². The smallest absolute Gasteiger partial charge is 0.341 e. The van der Waals surface area contributed by atoms with E-state index in [4.69, 9.17) is 27.9 Å². The maximum atomic E-state index is 12.3. The molecular weight excluding hydrogens is 387 g/mol. The van der Waals surface area contributed by atoms with E-state index in [2.05, 4.69) is 17.0 Å². The maximum absolute atomic E-state index is 12.3. The molecule has 0 radical (unpaired) electrons. The summed E-state index contributed by atoms with van der Waals surface area (Å²) in [5.41, 5.74) is 1.34. The molecule has 1 heterocycles. The van der Waals surface area contributed by atoms with Crippen molar-refractivity contribution in [2.75, 3.05) is 32.8 Å². The van der Waals surface area contributed by atoms with E-state index >= 15 is 0 Å². The first kappa shape index (κ1) is 19.7. The van der Waals surface area contributed by atoms with E-state index in [0.29, 0.717) is 13.1 Å². The standard InChI is InChI=1S/C20H20Cl2N2O3/c21-16-7-4-8-17(22)19(16)20(26)27-14-18(25)24-11-9-23(10-12-24)13-15-5-2-1-3-6-15/h1-8H,9-14H2. The average Bonchev–Trinajstić information content (AvgIpc) is 2.67. The van der Waals surface area contributed by atoms with Crippen molar-refractivity contribution in [3.63, 3.8) is 0 Å². The molecule has 1 fully saturated rings. The summed E-state index contributed by atoms with van der Waals surface area (Å²) >= 11 is 12.0. The molecule has 5 nitrogen and oxygen atoms in total. The minimum absolute atomic E-state index is 0.0845. The molecule has 0 unspecified atom stereocenters. The first-order valence-electron chi connectivity index (χ1n) is 8.70. The van der Waals surface area contributed by atoms with Crippen molar-refractivity contribution in [3.8, 4) is 0 Å². The number of nitrogens with zero attached hydrogens (tertiary/aromatic N) is 2. The quantitative estimate of drug-likeness (QED) is 0.712. The van der Waals surface area contributed by atoms with Gasteiger partial charge in [0.1, 0.15) is 0 Å². The molecule has 2 aromatic rings. The van der Waals surface area contributed by atoms with Crippen LogP contribution in [0.4, 0.5) is 0 Å². The molecule has 0 saturated carbocycles. The van der Waals surface area contributed by atoms with Crippen LogP contribution in [-0.2, 0) is 16.1 Å². The van der Waals surface area contributed by atoms with Crippen molar-refractivity contribution in [2.24, 2.45) is 0 Å². The lowest BCUT2D eigenvalue weighted by Gasteiger charge is -2.34. The minimum atomic E-state index is -0.693. The van der Waals surface area contributed by atoms with Gasteiger partial charge in [0.25, 0.3) is 5.91 Å². The maximum Gasteiger partial charge on any atom is 0.341 e. The van der Waals surface area contributed by atoms with E-state index in [9.17, 15) is 9.59 Å². The summed E-state index contributed by atoms with van der Waals surface area (Å²) in [6, 6.07) is 15.0. The van der Waals surface area contributed by atoms with Crippen molar-refractivity contribution in [3.05, 3.63) is 69.7 Å². The van der Waals surface area contributed by atoms with Gasteiger partial charge in [-0.05, 0) is 17.7 Å². The van der Waals surface area contributed by atoms with E-state index in [0.717, 1.165) is 19.6 Å². The van der Waals surface area contributed by atoms with Crippen LogP contribution in [-0.4, -0.2) is 54.5 Å².